The van der Waals surface area contributed by atoms with Gasteiger partial charge in [0.15, 0.2) is 0 Å². The first-order valence-electron chi connectivity index (χ1n) is 13.1. The smallest absolute Gasteiger partial charge is 0.430 e. The highest BCUT2D eigenvalue weighted by Gasteiger charge is 2.29. The van der Waals surface area contributed by atoms with Crippen LogP contribution in [0, 0.1) is 13.8 Å². The van der Waals surface area contributed by atoms with Crippen LogP contribution in [-0.4, -0.2) is 29.2 Å². The number of alkyl halides is 3. The number of carbonyl (C=O) groups excluding carboxylic acids is 3. The number of aromatic hydroxyl groups is 1. The van der Waals surface area contributed by atoms with Crippen LogP contribution in [0.4, 0.5) is 13.2 Å². The molecule has 0 radical (unpaired) electrons. The van der Waals surface area contributed by atoms with Crippen molar-refractivity contribution >= 4 is 39.7 Å². The maximum Gasteiger partial charge on any atom is 0.430 e. The third-order valence-electron chi connectivity index (χ3n) is 6.68. The highest BCUT2D eigenvalue weighted by molar-refractivity contribution is 6.13. The van der Waals surface area contributed by atoms with Gasteiger partial charge >= 0.3 is 18.1 Å². The Balaban J connectivity index is 0.000000566. The van der Waals surface area contributed by atoms with Crippen molar-refractivity contribution in [1.29, 1.82) is 0 Å². The summed E-state index contributed by atoms with van der Waals surface area (Å²) in [6.07, 6.45) is -5.19. The van der Waals surface area contributed by atoms with Crippen molar-refractivity contribution in [3.63, 3.8) is 0 Å². The summed E-state index contributed by atoms with van der Waals surface area (Å²) in [5.74, 6) is -3.56. The van der Waals surface area contributed by atoms with Crippen LogP contribution in [0.2, 0.25) is 0 Å². The first kappa shape index (κ1) is 31.5. The van der Waals surface area contributed by atoms with Gasteiger partial charge in [0.05, 0.1) is 21.9 Å². The third kappa shape index (κ3) is 6.95. The van der Waals surface area contributed by atoms with Gasteiger partial charge in [0, 0.05) is 12.1 Å². The molecule has 11 heteroatoms. The zero-order valence-electron chi connectivity index (χ0n) is 23.8. The molecule has 226 valence electrons. The number of ether oxygens (including phenoxy) is 2. The number of aliphatic carboxylic acids is 1. The zero-order valence-corrected chi connectivity index (χ0v) is 23.8. The molecule has 0 aliphatic carbocycles. The Hall–Kier alpha value is -5.45. The van der Waals surface area contributed by atoms with E-state index in [0.717, 1.165) is 16.6 Å². The lowest BCUT2D eigenvalue weighted by atomic mass is 10.0. The lowest BCUT2D eigenvalue weighted by molar-refractivity contribution is -0.617. The minimum atomic E-state index is -5.19. The fourth-order valence-electron chi connectivity index (χ4n) is 4.67. The number of carboxylic acids is 1. The highest BCUT2D eigenvalue weighted by atomic mass is 19.4. The second kappa shape index (κ2) is 12.8. The molecular weight excluding hydrogens is 579 g/mol. The fraction of sp³-hybridized carbons (Fsp3) is 0.152. The normalized spacial score (nSPS) is 11.0. The SMILES string of the molecule is Cc1cc(C(=O)OCc2ccccc2)cc(C)c1OC(=O)c1c2ccccc2[n+](C)c2ccc(O)cc12.O=C([O-])C(F)(F)F. The highest BCUT2D eigenvalue weighted by Crippen LogP contribution is 2.31. The summed E-state index contributed by atoms with van der Waals surface area (Å²) in [4.78, 5) is 35.1. The first-order chi connectivity index (χ1) is 20.8. The van der Waals surface area contributed by atoms with Gasteiger partial charge in [-0.25, -0.2) is 9.59 Å². The molecule has 0 spiro atoms. The summed E-state index contributed by atoms with van der Waals surface area (Å²) in [6, 6.07) is 25.3. The Morgan fingerprint density at radius 1 is 0.818 bits per heavy atom. The van der Waals surface area contributed by atoms with Gasteiger partial charge in [-0.1, -0.05) is 42.5 Å². The molecule has 5 rings (SSSR count). The van der Waals surface area contributed by atoms with Crippen molar-refractivity contribution in [2.24, 2.45) is 7.05 Å². The number of nitrogens with zero attached hydrogens (tertiary/aromatic N) is 1. The number of phenolic OH excluding ortho intramolecular Hbond substituents is 1. The molecule has 0 saturated heterocycles. The summed E-state index contributed by atoms with van der Waals surface area (Å²) in [6.45, 7) is 3.75. The number of halogens is 3. The van der Waals surface area contributed by atoms with Crippen LogP contribution in [0.3, 0.4) is 0 Å². The number of fused-ring (bicyclic) bond motifs is 2. The predicted octanol–water partition coefficient (Wildman–Crippen LogP) is 5.01. The summed E-state index contributed by atoms with van der Waals surface area (Å²) >= 11 is 0. The van der Waals surface area contributed by atoms with Gasteiger partial charge < -0.3 is 24.5 Å². The molecule has 0 aliphatic rings. The number of benzene rings is 4. The van der Waals surface area contributed by atoms with Gasteiger partial charge in [0.2, 0.25) is 11.0 Å². The van der Waals surface area contributed by atoms with E-state index in [4.69, 9.17) is 19.4 Å². The molecule has 1 N–H and O–H groups in total. The van der Waals surface area contributed by atoms with E-state index >= 15 is 0 Å². The van der Waals surface area contributed by atoms with E-state index in [-0.39, 0.29) is 12.4 Å². The number of para-hydroxylation sites is 1. The van der Waals surface area contributed by atoms with Crippen LogP contribution < -0.4 is 14.4 Å². The summed E-state index contributed by atoms with van der Waals surface area (Å²) in [5.41, 5.74) is 4.57. The number of carbonyl (C=O) groups is 3. The molecule has 44 heavy (non-hydrogen) atoms. The molecule has 1 aromatic heterocycles. The molecule has 8 nitrogen and oxygen atoms in total. The van der Waals surface area contributed by atoms with Crippen molar-refractivity contribution < 1.29 is 51.8 Å². The molecule has 0 bridgehead atoms. The predicted molar refractivity (Wildman–Crippen MR) is 152 cm³/mol. The van der Waals surface area contributed by atoms with Gasteiger partial charge in [0.1, 0.15) is 31.1 Å². The van der Waals surface area contributed by atoms with Gasteiger partial charge in [-0.05, 0) is 60.9 Å². The monoisotopic (exact) mass is 605 g/mol. The maximum absolute atomic E-state index is 13.6. The van der Waals surface area contributed by atoms with E-state index in [2.05, 4.69) is 0 Å². The second-order valence-electron chi connectivity index (χ2n) is 9.83. The minimum Gasteiger partial charge on any atom is -0.542 e. The molecule has 1 heterocycles. The van der Waals surface area contributed by atoms with E-state index < -0.39 is 24.1 Å². The summed E-state index contributed by atoms with van der Waals surface area (Å²) in [7, 11) is 1.92. The molecule has 0 atom stereocenters. The van der Waals surface area contributed by atoms with Gasteiger partial charge in [-0.2, -0.15) is 17.7 Å². The van der Waals surface area contributed by atoms with Gasteiger partial charge in [-0.15, -0.1) is 0 Å². The van der Waals surface area contributed by atoms with Gasteiger partial charge in [-0.3, -0.25) is 0 Å². The molecule has 0 unspecified atom stereocenters. The number of aromatic nitrogens is 1. The Kier molecular flexibility index (Phi) is 9.17. The van der Waals surface area contributed by atoms with Crippen LogP contribution >= 0.6 is 0 Å². The second-order valence-corrected chi connectivity index (χ2v) is 9.83. The van der Waals surface area contributed by atoms with Crippen molar-refractivity contribution in [2.45, 2.75) is 26.6 Å². The standard InChI is InChI=1S/C31H25NO5.C2HF3O2/c1-19-15-22(30(34)36-18-21-9-5-4-6-10-21)16-20(2)29(19)37-31(35)28-24-11-7-8-12-26(24)32(3)27-14-13-23(33)17-25(27)28;3-2(4,5)1(6)7/h4-17H,18H2,1-3H3;(H,6,7). The van der Waals surface area contributed by atoms with Crippen molar-refractivity contribution in [3.8, 4) is 11.5 Å². The van der Waals surface area contributed by atoms with Crippen LogP contribution in [0.1, 0.15) is 37.4 Å². The lowest BCUT2D eigenvalue weighted by Crippen LogP contribution is -2.37. The maximum atomic E-state index is 13.6. The average molecular weight is 606 g/mol. The van der Waals surface area contributed by atoms with E-state index in [0.29, 0.717) is 38.8 Å². The van der Waals surface area contributed by atoms with E-state index in [1.807, 2.05) is 66.2 Å². The van der Waals surface area contributed by atoms with Crippen LogP contribution in [0.15, 0.2) is 84.9 Å². The molecule has 0 aliphatic heterocycles. The summed E-state index contributed by atoms with van der Waals surface area (Å²) < 4.78 is 44.9. The first-order valence-corrected chi connectivity index (χ1v) is 13.1. The number of aryl methyl sites for hydroxylation is 3. The number of pyridine rings is 1. The molecule has 4 aromatic carbocycles. The number of esters is 2. The fourth-order valence-corrected chi connectivity index (χ4v) is 4.67. The van der Waals surface area contributed by atoms with Gasteiger partial charge in [0.25, 0.3) is 0 Å². The minimum absolute atomic E-state index is 0.0579. The number of phenols is 1. The molecular formula is C33H26F3NO7. The summed E-state index contributed by atoms with van der Waals surface area (Å²) in [5, 5.41) is 20.3. The van der Waals surface area contributed by atoms with Crippen LogP contribution in [0.25, 0.3) is 21.8 Å². The topological polar surface area (TPSA) is 117 Å². The van der Waals surface area contributed by atoms with E-state index in [1.165, 1.54) is 0 Å². The molecule has 0 saturated carbocycles. The van der Waals surface area contributed by atoms with Crippen LogP contribution in [-0.2, 0) is 23.2 Å². The van der Waals surface area contributed by atoms with Crippen molar-refractivity contribution in [1.82, 2.24) is 0 Å². The number of carboxylic acid groups (broad SMARTS) is 1. The van der Waals surface area contributed by atoms with E-state index in [1.54, 1.807) is 44.2 Å². The van der Waals surface area contributed by atoms with Crippen LogP contribution in [0.5, 0.6) is 11.5 Å². The number of hydrogen-bond acceptors (Lipinski definition) is 7. The number of hydrogen-bond donors (Lipinski definition) is 1. The Labute approximate surface area is 249 Å². The quantitative estimate of drug-likeness (QED) is 0.130. The molecule has 0 fully saturated rings. The zero-order chi connectivity index (χ0) is 32.2. The Morgan fingerprint density at radius 3 is 2.00 bits per heavy atom. The Morgan fingerprint density at radius 2 is 1.39 bits per heavy atom. The lowest BCUT2D eigenvalue weighted by Gasteiger charge is -2.14. The van der Waals surface area contributed by atoms with Crippen molar-refractivity contribution in [3.05, 3.63) is 113 Å². The number of rotatable bonds is 5. The van der Waals surface area contributed by atoms with Crippen molar-refractivity contribution in [2.75, 3.05) is 0 Å². The third-order valence-corrected chi connectivity index (χ3v) is 6.68. The molecule has 0 amide bonds. The van der Waals surface area contributed by atoms with E-state index in [9.17, 15) is 27.9 Å². The Bertz CT molecular complexity index is 1860. The largest absolute Gasteiger partial charge is 0.542 e. The average Bonchev–Trinajstić information content (AvgIpc) is 2.98. The molecule has 5 aromatic rings.